The Bertz CT molecular complexity index is 644. The summed E-state index contributed by atoms with van der Waals surface area (Å²) in [5, 5.41) is 7.56. The van der Waals surface area contributed by atoms with Gasteiger partial charge in [-0.3, -0.25) is 4.99 Å². The van der Waals surface area contributed by atoms with Crippen LogP contribution in [0.1, 0.15) is 38.2 Å². The fourth-order valence-electron chi connectivity index (χ4n) is 3.86. The molecule has 2 aliphatic rings. The van der Waals surface area contributed by atoms with Gasteiger partial charge in [-0.15, -0.1) is 0 Å². The first-order valence-electron chi connectivity index (χ1n) is 10.8. The smallest absolute Gasteiger partial charge is 0.191 e. The lowest BCUT2D eigenvalue weighted by atomic mass is 9.74. The third-order valence-corrected chi connectivity index (χ3v) is 5.86. The lowest BCUT2D eigenvalue weighted by molar-refractivity contribution is 0.0419. The van der Waals surface area contributed by atoms with Crippen molar-refractivity contribution in [3.8, 4) is 0 Å². The first-order chi connectivity index (χ1) is 14.2. The number of hydrogen-bond acceptors (Lipinski definition) is 4. The van der Waals surface area contributed by atoms with Gasteiger partial charge in [-0.1, -0.05) is 23.7 Å². The second-order valence-electron chi connectivity index (χ2n) is 7.73. The molecule has 0 spiro atoms. The molecule has 162 valence electrons. The predicted molar refractivity (Wildman–Crippen MR) is 117 cm³/mol. The number of hydrogen-bond donors (Lipinski definition) is 2. The van der Waals surface area contributed by atoms with Gasteiger partial charge >= 0.3 is 0 Å². The van der Waals surface area contributed by atoms with Gasteiger partial charge in [-0.25, -0.2) is 0 Å². The predicted octanol–water partition coefficient (Wildman–Crippen LogP) is 3.14. The topological polar surface area (TPSA) is 64.1 Å². The zero-order valence-corrected chi connectivity index (χ0v) is 18.2. The van der Waals surface area contributed by atoms with Crippen molar-refractivity contribution in [3.63, 3.8) is 0 Å². The van der Waals surface area contributed by atoms with Gasteiger partial charge < -0.3 is 24.8 Å². The summed E-state index contributed by atoms with van der Waals surface area (Å²) < 4.78 is 16.8. The molecule has 0 aromatic heterocycles. The van der Waals surface area contributed by atoms with Crippen molar-refractivity contribution in [1.82, 2.24) is 10.6 Å². The van der Waals surface area contributed by atoms with E-state index in [4.69, 9.17) is 30.8 Å². The lowest BCUT2D eigenvalue weighted by Crippen LogP contribution is -2.41. The SMILES string of the molecule is CCNC(=NCC1(c2cccc(Cl)c2)CCOCC1)NCCCOC1CCOC1. The van der Waals surface area contributed by atoms with E-state index >= 15 is 0 Å². The van der Waals surface area contributed by atoms with Crippen molar-refractivity contribution in [1.29, 1.82) is 0 Å². The summed E-state index contributed by atoms with van der Waals surface area (Å²) in [6.45, 7) is 8.25. The van der Waals surface area contributed by atoms with Crippen molar-refractivity contribution in [2.75, 3.05) is 52.7 Å². The van der Waals surface area contributed by atoms with Gasteiger partial charge in [0.25, 0.3) is 0 Å². The third kappa shape index (κ3) is 6.85. The number of nitrogens with zero attached hydrogens (tertiary/aromatic N) is 1. The van der Waals surface area contributed by atoms with Crippen molar-refractivity contribution < 1.29 is 14.2 Å². The van der Waals surface area contributed by atoms with Crippen molar-refractivity contribution in [2.24, 2.45) is 4.99 Å². The average Bonchev–Trinajstić information content (AvgIpc) is 3.26. The number of aliphatic imine (C=N–C) groups is 1. The Hall–Kier alpha value is -1.34. The van der Waals surface area contributed by atoms with E-state index in [2.05, 4.69) is 29.7 Å². The Morgan fingerprint density at radius 1 is 1.24 bits per heavy atom. The zero-order chi connectivity index (χ0) is 20.4. The summed E-state index contributed by atoms with van der Waals surface area (Å²) in [7, 11) is 0. The quantitative estimate of drug-likeness (QED) is 0.363. The molecule has 6 nitrogen and oxygen atoms in total. The van der Waals surface area contributed by atoms with E-state index in [1.54, 1.807) is 0 Å². The summed E-state index contributed by atoms with van der Waals surface area (Å²) in [5.74, 6) is 0.851. The van der Waals surface area contributed by atoms with Crippen LogP contribution in [0.3, 0.4) is 0 Å². The van der Waals surface area contributed by atoms with Crippen molar-refractivity contribution >= 4 is 17.6 Å². The molecule has 29 heavy (non-hydrogen) atoms. The molecule has 2 N–H and O–H groups in total. The Labute approximate surface area is 179 Å². The van der Waals surface area contributed by atoms with E-state index in [1.807, 2.05) is 12.1 Å². The summed E-state index contributed by atoms with van der Waals surface area (Å²) in [5.41, 5.74) is 1.22. The van der Waals surface area contributed by atoms with Crippen LogP contribution in [0.25, 0.3) is 0 Å². The van der Waals surface area contributed by atoms with Crippen molar-refractivity contribution in [2.45, 2.75) is 44.1 Å². The first kappa shape index (κ1) is 22.3. The molecule has 0 bridgehead atoms. The summed E-state index contributed by atoms with van der Waals surface area (Å²) >= 11 is 6.27. The molecule has 1 aromatic rings. The highest BCUT2D eigenvalue weighted by Crippen LogP contribution is 2.36. The minimum absolute atomic E-state index is 0.0307. The number of nitrogens with one attached hydrogen (secondary N) is 2. The van der Waals surface area contributed by atoms with Crippen LogP contribution >= 0.6 is 11.6 Å². The zero-order valence-electron chi connectivity index (χ0n) is 17.4. The first-order valence-corrected chi connectivity index (χ1v) is 11.1. The largest absolute Gasteiger partial charge is 0.381 e. The minimum atomic E-state index is -0.0307. The van der Waals surface area contributed by atoms with E-state index in [0.29, 0.717) is 6.54 Å². The lowest BCUT2D eigenvalue weighted by Gasteiger charge is -2.36. The van der Waals surface area contributed by atoms with Crippen LogP contribution in [0, 0.1) is 0 Å². The number of rotatable bonds is 9. The normalized spacial score (nSPS) is 21.9. The molecular formula is C22H34ClN3O3. The van der Waals surface area contributed by atoms with E-state index in [1.165, 1.54) is 5.56 Å². The van der Waals surface area contributed by atoms with Gasteiger partial charge in [-0.05, 0) is 50.3 Å². The molecule has 7 heteroatoms. The molecule has 2 saturated heterocycles. The van der Waals surface area contributed by atoms with E-state index < -0.39 is 0 Å². The minimum Gasteiger partial charge on any atom is -0.381 e. The fourth-order valence-corrected chi connectivity index (χ4v) is 4.05. The number of halogens is 1. The van der Waals surface area contributed by atoms with Crippen LogP contribution in [-0.4, -0.2) is 64.7 Å². The van der Waals surface area contributed by atoms with Crippen LogP contribution in [0.2, 0.25) is 5.02 Å². The molecule has 2 aliphatic heterocycles. The van der Waals surface area contributed by atoms with Crippen LogP contribution in [0.5, 0.6) is 0 Å². The monoisotopic (exact) mass is 423 g/mol. The maximum atomic E-state index is 6.27. The Morgan fingerprint density at radius 2 is 2.10 bits per heavy atom. The molecule has 0 amide bonds. The molecule has 0 aliphatic carbocycles. The number of ether oxygens (including phenoxy) is 3. The summed E-state index contributed by atoms with van der Waals surface area (Å²) in [6, 6.07) is 8.19. The number of guanidine groups is 1. The van der Waals surface area contributed by atoms with E-state index in [9.17, 15) is 0 Å². The Morgan fingerprint density at radius 3 is 2.83 bits per heavy atom. The Balaban J connectivity index is 1.55. The molecule has 1 unspecified atom stereocenters. The van der Waals surface area contributed by atoms with Gasteiger partial charge in [0.2, 0.25) is 0 Å². The summed E-state index contributed by atoms with van der Waals surface area (Å²) in [4.78, 5) is 4.93. The Kier molecular flexibility index (Phi) is 9.05. The fraction of sp³-hybridized carbons (Fsp3) is 0.682. The highest BCUT2D eigenvalue weighted by atomic mass is 35.5. The van der Waals surface area contributed by atoms with Crippen molar-refractivity contribution in [3.05, 3.63) is 34.9 Å². The standard InChI is InChI=1S/C22H34ClN3O3/c1-2-24-21(25-10-4-11-29-20-7-12-28-16-20)26-17-22(8-13-27-14-9-22)18-5-3-6-19(23)15-18/h3,5-6,15,20H,2,4,7-14,16-17H2,1H3,(H2,24,25,26). The van der Waals surface area contributed by atoms with E-state index in [-0.39, 0.29) is 11.5 Å². The second kappa shape index (κ2) is 11.7. The molecule has 0 radical (unpaired) electrons. The molecule has 1 atom stereocenters. The van der Waals surface area contributed by atoms with Gasteiger partial charge in [0.15, 0.2) is 5.96 Å². The molecular weight excluding hydrogens is 390 g/mol. The third-order valence-electron chi connectivity index (χ3n) is 5.63. The van der Waals surface area contributed by atoms with Crippen LogP contribution < -0.4 is 10.6 Å². The molecule has 1 aromatic carbocycles. The van der Waals surface area contributed by atoms with Crippen LogP contribution in [-0.2, 0) is 19.6 Å². The van der Waals surface area contributed by atoms with Gasteiger partial charge in [0.05, 0.1) is 19.3 Å². The van der Waals surface area contributed by atoms with Crippen LogP contribution in [0.15, 0.2) is 29.3 Å². The molecule has 2 fully saturated rings. The molecule has 3 rings (SSSR count). The summed E-state index contributed by atoms with van der Waals surface area (Å²) in [6.07, 6.45) is 4.12. The van der Waals surface area contributed by atoms with Gasteiger partial charge in [-0.2, -0.15) is 0 Å². The maximum absolute atomic E-state index is 6.27. The number of benzene rings is 1. The van der Waals surface area contributed by atoms with Gasteiger partial charge in [0.1, 0.15) is 0 Å². The second-order valence-corrected chi connectivity index (χ2v) is 8.17. The maximum Gasteiger partial charge on any atom is 0.191 e. The average molecular weight is 424 g/mol. The van der Waals surface area contributed by atoms with Crippen LogP contribution in [0.4, 0.5) is 0 Å². The van der Waals surface area contributed by atoms with E-state index in [0.717, 1.165) is 82.8 Å². The molecule has 2 heterocycles. The highest BCUT2D eigenvalue weighted by Gasteiger charge is 2.34. The van der Waals surface area contributed by atoms with Gasteiger partial charge in [0, 0.05) is 50.0 Å². The highest BCUT2D eigenvalue weighted by molar-refractivity contribution is 6.30. The molecule has 0 saturated carbocycles.